The number of halogens is 3. The van der Waals surface area contributed by atoms with Crippen molar-refractivity contribution in [3.8, 4) is 17.6 Å². The average molecular weight is 498 g/mol. The van der Waals surface area contributed by atoms with E-state index in [1.165, 1.54) is 6.08 Å². The number of allylic oxidation sites excluding steroid dienone is 1. The molecule has 0 amide bonds. The number of rotatable bonds is 4. The van der Waals surface area contributed by atoms with Gasteiger partial charge in [-0.1, -0.05) is 59.1 Å². The number of nitrogens with zero attached hydrogens (tertiary/aromatic N) is 1. The van der Waals surface area contributed by atoms with Crippen LogP contribution in [0.1, 0.15) is 22.6 Å². The van der Waals surface area contributed by atoms with Gasteiger partial charge in [0.25, 0.3) is 0 Å². The van der Waals surface area contributed by atoms with Crippen molar-refractivity contribution in [2.24, 2.45) is 5.73 Å². The van der Waals surface area contributed by atoms with E-state index in [0.29, 0.717) is 31.9 Å². The number of hydrogen-bond donors (Lipinski definition) is 1. The van der Waals surface area contributed by atoms with Crippen molar-refractivity contribution < 1.29 is 14.3 Å². The van der Waals surface area contributed by atoms with Gasteiger partial charge in [0.15, 0.2) is 0 Å². The Morgan fingerprint density at radius 2 is 1.70 bits per heavy atom. The maximum atomic E-state index is 12.3. The fourth-order valence-electron chi connectivity index (χ4n) is 3.44. The lowest BCUT2D eigenvalue weighted by Crippen LogP contribution is -2.21. The van der Waals surface area contributed by atoms with Crippen molar-refractivity contribution in [3.63, 3.8) is 0 Å². The second-order valence-corrected chi connectivity index (χ2v) is 8.38. The Bertz CT molecular complexity index is 1340. The molecule has 0 radical (unpaired) electrons. The molecule has 0 aromatic heterocycles. The van der Waals surface area contributed by atoms with Gasteiger partial charge in [0.05, 0.1) is 5.92 Å². The van der Waals surface area contributed by atoms with Gasteiger partial charge in [-0.05, 0) is 47.5 Å². The average Bonchev–Trinajstić information content (AvgIpc) is 2.78. The molecule has 0 fully saturated rings. The zero-order chi connectivity index (χ0) is 23.5. The van der Waals surface area contributed by atoms with E-state index in [4.69, 9.17) is 50.0 Å². The van der Waals surface area contributed by atoms with Crippen LogP contribution >= 0.6 is 34.8 Å². The van der Waals surface area contributed by atoms with Crippen molar-refractivity contribution in [3.05, 3.63) is 110 Å². The minimum absolute atomic E-state index is 0.0490. The Kier molecular flexibility index (Phi) is 6.62. The summed E-state index contributed by atoms with van der Waals surface area (Å²) in [6, 6.07) is 19.0. The van der Waals surface area contributed by atoms with Crippen LogP contribution in [0.15, 0.2) is 78.2 Å². The van der Waals surface area contributed by atoms with Gasteiger partial charge in [-0.15, -0.1) is 0 Å². The second-order valence-electron chi connectivity index (χ2n) is 7.10. The Labute approximate surface area is 205 Å². The first-order valence-corrected chi connectivity index (χ1v) is 10.8. The zero-order valence-electron chi connectivity index (χ0n) is 16.9. The standard InChI is InChI=1S/C25H15Cl3N2O3/c26-15-4-1-14(2-5-15)3-10-23(31)32-17-7-9-19-22(12-17)33-25(30)20(13-29)24(19)18-8-6-16(27)11-21(18)28/h1-12,24H,30H2/b10-3+. The highest BCUT2D eigenvalue weighted by atomic mass is 35.5. The third kappa shape index (κ3) is 4.99. The molecule has 3 aromatic carbocycles. The molecule has 1 aliphatic rings. The van der Waals surface area contributed by atoms with Crippen LogP contribution in [0.5, 0.6) is 11.5 Å². The number of esters is 1. The number of benzene rings is 3. The van der Waals surface area contributed by atoms with E-state index in [0.717, 1.165) is 5.56 Å². The maximum Gasteiger partial charge on any atom is 0.336 e. The van der Waals surface area contributed by atoms with Gasteiger partial charge in [0.2, 0.25) is 5.88 Å². The normalized spacial score (nSPS) is 15.0. The summed E-state index contributed by atoms with van der Waals surface area (Å²) in [5, 5.41) is 11.2. The first-order chi connectivity index (χ1) is 15.9. The van der Waals surface area contributed by atoms with Crippen LogP contribution in [-0.4, -0.2) is 5.97 Å². The molecule has 8 heteroatoms. The van der Waals surface area contributed by atoms with Crippen LogP contribution in [0.25, 0.3) is 6.08 Å². The van der Waals surface area contributed by atoms with Crippen molar-refractivity contribution in [2.75, 3.05) is 0 Å². The third-order valence-corrected chi connectivity index (χ3v) is 5.78. The number of hydrogen-bond acceptors (Lipinski definition) is 5. The topological polar surface area (TPSA) is 85.3 Å². The fraction of sp³-hybridized carbons (Fsp3) is 0.0400. The molecule has 0 saturated carbocycles. The predicted octanol–water partition coefficient (Wildman–Crippen LogP) is 6.48. The summed E-state index contributed by atoms with van der Waals surface area (Å²) in [5.74, 6) is -0.562. The lowest BCUT2D eigenvalue weighted by Gasteiger charge is -2.27. The third-order valence-electron chi connectivity index (χ3n) is 4.96. The van der Waals surface area contributed by atoms with Gasteiger partial charge >= 0.3 is 5.97 Å². The Morgan fingerprint density at radius 3 is 2.39 bits per heavy atom. The second kappa shape index (κ2) is 9.60. The minimum atomic E-state index is -0.570. The number of carbonyl (C=O) groups excluding carboxylic acids is 1. The van der Waals surface area contributed by atoms with Crippen molar-refractivity contribution in [1.82, 2.24) is 0 Å². The van der Waals surface area contributed by atoms with E-state index in [1.807, 2.05) is 0 Å². The molecular formula is C25H15Cl3N2O3. The van der Waals surface area contributed by atoms with Crippen LogP contribution in [-0.2, 0) is 4.79 Å². The summed E-state index contributed by atoms with van der Waals surface area (Å²) in [6.45, 7) is 0. The molecular weight excluding hydrogens is 483 g/mol. The molecule has 0 saturated heterocycles. The van der Waals surface area contributed by atoms with Gasteiger partial charge in [-0.2, -0.15) is 5.26 Å². The predicted molar refractivity (Wildman–Crippen MR) is 128 cm³/mol. The van der Waals surface area contributed by atoms with Crippen LogP contribution in [0.2, 0.25) is 15.1 Å². The van der Waals surface area contributed by atoms with Crippen LogP contribution in [0, 0.1) is 11.3 Å². The summed E-state index contributed by atoms with van der Waals surface area (Å²) in [4.78, 5) is 12.3. The molecule has 1 unspecified atom stereocenters. The number of fused-ring (bicyclic) bond motifs is 1. The quantitative estimate of drug-likeness (QED) is 0.253. The molecule has 3 aromatic rings. The molecule has 33 heavy (non-hydrogen) atoms. The van der Waals surface area contributed by atoms with Gasteiger partial charge in [0.1, 0.15) is 23.1 Å². The summed E-state index contributed by atoms with van der Waals surface area (Å²) in [6.07, 6.45) is 2.92. The first-order valence-electron chi connectivity index (χ1n) is 9.67. The number of nitrogens with two attached hydrogens (primary N) is 1. The molecule has 1 heterocycles. The monoisotopic (exact) mass is 496 g/mol. The summed E-state index contributed by atoms with van der Waals surface area (Å²) >= 11 is 18.3. The lowest BCUT2D eigenvalue weighted by atomic mass is 9.83. The maximum absolute atomic E-state index is 12.3. The van der Waals surface area contributed by atoms with E-state index >= 15 is 0 Å². The molecule has 0 spiro atoms. The summed E-state index contributed by atoms with van der Waals surface area (Å²) in [7, 11) is 0. The number of ether oxygens (including phenoxy) is 2. The van der Waals surface area contributed by atoms with Crippen LogP contribution in [0.4, 0.5) is 0 Å². The SMILES string of the molecule is N#CC1=C(N)Oc2cc(OC(=O)/C=C/c3ccc(Cl)cc3)ccc2C1c1ccc(Cl)cc1Cl. The molecule has 0 bridgehead atoms. The van der Waals surface area contributed by atoms with E-state index in [9.17, 15) is 10.1 Å². The summed E-state index contributed by atoms with van der Waals surface area (Å²) < 4.78 is 11.1. The number of nitriles is 1. The highest BCUT2D eigenvalue weighted by Crippen LogP contribution is 2.45. The van der Waals surface area contributed by atoms with Crippen LogP contribution < -0.4 is 15.2 Å². The molecule has 5 nitrogen and oxygen atoms in total. The van der Waals surface area contributed by atoms with Gasteiger partial charge in [-0.25, -0.2) is 4.79 Å². The molecule has 164 valence electrons. The first kappa shape index (κ1) is 22.8. The van der Waals surface area contributed by atoms with E-state index in [-0.39, 0.29) is 17.2 Å². The van der Waals surface area contributed by atoms with Crippen LogP contribution in [0.3, 0.4) is 0 Å². The molecule has 1 aliphatic heterocycles. The Balaban J connectivity index is 1.62. The number of carbonyl (C=O) groups is 1. The summed E-state index contributed by atoms with van der Waals surface area (Å²) in [5.41, 5.74) is 8.36. The van der Waals surface area contributed by atoms with E-state index < -0.39 is 11.9 Å². The van der Waals surface area contributed by atoms with Crippen molar-refractivity contribution in [1.29, 1.82) is 5.26 Å². The highest BCUT2D eigenvalue weighted by Gasteiger charge is 2.32. The van der Waals surface area contributed by atoms with E-state index in [2.05, 4.69) is 6.07 Å². The Morgan fingerprint density at radius 1 is 1.00 bits per heavy atom. The minimum Gasteiger partial charge on any atom is -0.440 e. The molecule has 1 atom stereocenters. The lowest BCUT2D eigenvalue weighted by molar-refractivity contribution is -0.128. The molecule has 4 rings (SSSR count). The Hall–Kier alpha value is -3.43. The fourth-order valence-corrected chi connectivity index (χ4v) is 4.09. The zero-order valence-corrected chi connectivity index (χ0v) is 19.2. The van der Waals surface area contributed by atoms with Gasteiger partial charge in [0, 0.05) is 32.8 Å². The molecule has 0 aliphatic carbocycles. The van der Waals surface area contributed by atoms with E-state index in [1.54, 1.807) is 66.7 Å². The van der Waals surface area contributed by atoms with Crippen molar-refractivity contribution in [2.45, 2.75) is 5.92 Å². The highest BCUT2D eigenvalue weighted by molar-refractivity contribution is 6.35. The van der Waals surface area contributed by atoms with Gasteiger partial charge in [-0.3, -0.25) is 0 Å². The largest absolute Gasteiger partial charge is 0.440 e. The molecule has 2 N–H and O–H groups in total. The van der Waals surface area contributed by atoms with Gasteiger partial charge < -0.3 is 15.2 Å². The van der Waals surface area contributed by atoms with Crippen molar-refractivity contribution >= 4 is 46.8 Å². The smallest absolute Gasteiger partial charge is 0.336 e.